The van der Waals surface area contributed by atoms with Gasteiger partial charge in [0.1, 0.15) is 0 Å². The van der Waals surface area contributed by atoms with Gasteiger partial charge in [0, 0.05) is 6.08 Å². The molecule has 0 saturated carbocycles. The third-order valence-electron chi connectivity index (χ3n) is 2.11. The van der Waals surface area contributed by atoms with E-state index in [9.17, 15) is 9.59 Å². The standard InChI is InChI=1S/C13H14ClNO5/c1-2-19-10-6-8(3-4-12(17)18)5-9(14)13(10)20-7-11(15)16/h3-6H,2,7H2,1H3,(H2,15,16)(H,17,18). The Morgan fingerprint density at radius 2 is 2.10 bits per heavy atom. The molecule has 0 spiro atoms. The second-order valence-corrected chi connectivity index (χ2v) is 4.10. The minimum Gasteiger partial charge on any atom is -0.490 e. The van der Waals surface area contributed by atoms with E-state index in [0.29, 0.717) is 17.9 Å². The van der Waals surface area contributed by atoms with Crippen molar-refractivity contribution in [3.63, 3.8) is 0 Å². The van der Waals surface area contributed by atoms with Gasteiger partial charge in [-0.2, -0.15) is 0 Å². The molecule has 0 atom stereocenters. The number of aliphatic carboxylic acids is 1. The van der Waals surface area contributed by atoms with Crippen LogP contribution in [0.15, 0.2) is 18.2 Å². The number of rotatable bonds is 7. The van der Waals surface area contributed by atoms with Gasteiger partial charge in [-0.3, -0.25) is 4.79 Å². The van der Waals surface area contributed by atoms with Crippen molar-refractivity contribution in [3.8, 4) is 11.5 Å². The number of nitrogens with two attached hydrogens (primary N) is 1. The molecule has 0 aliphatic heterocycles. The van der Waals surface area contributed by atoms with Crippen LogP contribution in [0, 0.1) is 0 Å². The monoisotopic (exact) mass is 299 g/mol. The first-order valence-corrected chi connectivity index (χ1v) is 6.10. The number of hydrogen-bond donors (Lipinski definition) is 2. The Labute approximate surface area is 120 Å². The van der Waals surface area contributed by atoms with Gasteiger partial charge in [0.05, 0.1) is 11.6 Å². The van der Waals surface area contributed by atoms with Crippen molar-refractivity contribution in [2.75, 3.05) is 13.2 Å². The quantitative estimate of drug-likeness (QED) is 0.747. The van der Waals surface area contributed by atoms with Gasteiger partial charge in [-0.05, 0) is 30.7 Å². The largest absolute Gasteiger partial charge is 0.490 e. The number of ether oxygens (including phenoxy) is 2. The first-order chi connectivity index (χ1) is 9.43. The molecule has 0 heterocycles. The number of carboxylic acids is 1. The molecule has 0 aromatic heterocycles. The van der Waals surface area contributed by atoms with Crippen molar-refractivity contribution < 1.29 is 24.2 Å². The van der Waals surface area contributed by atoms with Crippen molar-refractivity contribution in [1.82, 2.24) is 0 Å². The number of benzene rings is 1. The van der Waals surface area contributed by atoms with E-state index >= 15 is 0 Å². The fourth-order valence-corrected chi connectivity index (χ4v) is 1.67. The Hall–Kier alpha value is -2.21. The lowest BCUT2D eigenvalue weighted by atomic mass is 10.2. The Bertz CT molecular complexity index is 542. The Morgan fingerprint density at radius 3 is 2.65 bits per heavy atom. The van der Waals surface area contributed by atoms with Crippen LogP contribution in [-0.4, -0.2) is 30.2 Å². The van der Waals surface area contributed by atoms with Crippen LogP contribution >= 0.6 is 11.6 Å². The zero-order chi connectivity index (χ0) is 15.1. The predicted molar refractivity (Wildman–Crippen MR) is 74.0 cm³/mol. The minimum atomic E-state index is -1.08. The van der Waals surface area contributed by atoms with Gasteiger partial charge in [0.2, 0.25) is 0 Å². The Morgan fingerprint density at radius 1 is 1.40 bits per heavy atom. The van der Waals surface area contributed by atoms with Crippen molar-refractivity contribution in [2.45, 2.75) is 6.92 Å². The normalized spacial score (nSPS) is 10.5. The summed E-state index contributed by atoms with van der Waals surface area (Å²) < 4.78 is 10.5. The number of carbonyl (C=O) groups excluding carboxylic acids is 1. The van der Waals surface area contributed by atoms with Gasteiger partial charge >= 0.3 is 5.97 Å². The van der Waals surface area contributed by atoms with E-state index in [-0.39, 0.29) is 17.4 Å². The number of carbonyl (C=O) groups is 2. The second-order valence-electron chi connectivity index (χ2n) is 3.69. The molecule has 0 aliphatic rings. The van der Waals surface area contributed by atoms with Gasteiger partial charge in [0.15, 0.2) is 18.1 Å². The van der Waals surface area contributed by atoms with Crippen molar-refractivity contribution in [2.24, 2.45) is 5.73 Å². The molecule has 0 unspecified atom stereocenters. The Kier molecular flexibility index (Phi) is 5.86. The van der Waals surface area contributed by atoms with E-state index in [2.05, 4.69) is 0 Å². The van der Waals surface area contributed by atoms with E-state index in [1.54, 1.807) is 13.0 Å². The molecular weight excluding hydrogens is 286 g/mol. The maximum absolute atomic E-state index is 10.7. The van der Waals surface area contributed by atoms with E-state index in [1.807, 2.05) is 0 Å². The highest BCUT2D eigenvalue weighted by atomic mass is 35.5. The molecule has 0 saturated heterocycles. The molecule has 1 amide bonds. The lowest BCUT2D eigenvalue weighted by Gasteiger charge is -2.13. The van der Waals surface area contributed by atoms with Crippen molar-refractivity contribution in [1.29, 1.82) is 0 Å². The molecule has 1 rings (SSSR count). The average Bonchev–Trinajstić information content (AvgIpc) is 2.35. The van der Waals surface area contributed by atoms with E-state index in [1.165, 1.54) is 12.1 Å². The fourth-order valence-electron chi connectivity index (χ4n) is 1.40. The summed E-state index contributed by atoms with van der Waals surface area (Å²) in [7, 11) is 0. The zero-order valence-corrected chi connectivity index (χ0v) is 11.5. The topological polar surface area (TPSA) is 98.8 Å². The maximum atomic E-state index is 10.7. The second kappa shape index (κ2) is 7.40. The van der Waals surface area contributed by atoms with Crippen LogP contribution < -0.4 is 15.2 Å². The lowest BCUT2D eigenvalue weighted by Crippen LogP contribution is -2.20. The molecular formula is C13H14ClNO5. The SMILES string of the molecule is CCOc1cc(C=CC(=O)O)cc(Cl)c1OCC(N)=O. The lowest BCUT2D eigenvalue weighted by molar-refractivity contribution is -0.131. The number of primary amides is 1. The molecule has 3 N–H and O–H groups in total. The van der Waals surface area contributed by atoms with Gasteiger partial charge < -0.3 is 20.3 Å². The van der Waals surface area contributed by atoms with Crippen molar-refractivity contribution in [3.05, 3.63) is 28.8 Å². The molecule has 108 valence electrons. The first-order valence-electron chi connectivity index (χ1n) is 5.72. The third-order valence-corrected chi connectivity index (χ3v) is 2.39. The summed E-state index contributed by atoms with van der Waals surface area (Å²) in [5.41, 5.74) is 5.54. The number of hydrogen-bond acceptors (Lipinski definition) is 4. The molecule has 7 heteroatoms. The summed E-state index contributed by atoms with van der Waals surface area (Å²) in [5, 5.41) is 8.79. The summed E-state index contributed by atoms with van der Waals surface area (Å²) in [5.74, 6) is -1.21. The van der Waals surface area contributed by atoms with Gasteiger partial charge in [-0.15, -0.1) is 0 Å². The Balaban J connectivity index is 3.10. The van der Waals surface area contributed by atoms with Gasteiger partial charge in [-0.1, -0.05) is 11.6 Å². The molecule has 0 aliphatic carbocycles. The number of halogens is 1. The highest BCUT2D eigenvalue weighted by Crippen LogP contribution is 2.37. The van der Waals surface area contributed by atoms with E-state index < -0.39 is 11.9 Å². The van der Waals surface area contributed by atoms with Gasteiger partial charge in [-0.25, -0.2) is 4.79 Å². The minimum absolute atomic E-state index is 0.194. The summed E-state index contributed by atoms with van der Waals surface area (Å²) in [6, 6.07) is 3.06. The summed E-state index contributed by atoms with van der Waals surface area (Å²) >= 11 is 6.03. The van der Waals surface area contributed by atoms with Crippen molar-refractivity contribution >= 4 is 29.6 Å². The molecule has 0 radical (unpaired) electrons. The van der Waals surface area contributed by atoms with Crippen LogP contribution in [0.5, 0.6) is 11.5 Å². The van der Waals surface area contributed by atoms with Crippen LogP contribution in [0.25, 0.3) is 6.08 Å². The highest BCUT2D eigenvalue weighted by molar-refractivity contribution is 6.32. The molecule has 0 bridgehead atoms. The van der Waals surface area contributed by atoms with Crippen LogP contribution in [0.1, 0.15) is 12.5 Å². The molecule has 0 fully saturated rings. The smallest absolute Gasteiger partial charge is 0.328 e. The molecule has 1 aromatic carbocycles. The van der Waals surface area contributed by atoms with Crippen LogP contribution in [-0.2, 0) is 9.59 Å². The highest BCUT2D eigenvalue weighted by Gasteiger charge is 2.13. The summed E-state index contributed by atoms with van der Waals surface area (Å²) in [6.07, 6.45) is 2.35. The van der Waals surface area contributed by atoms with E-state index in [4.69, 9.17) is 31.9 Å². The summed E-state index contributed by atoms with van der Waals surface area (Å²) in [6.45, 7) is 1.80. The molecule has 1 aromatic rings. The number of amides is 1. The maximum Gasteiger partial charge on any atom is 0.328 e. The van der Waals surface area contributed by atoms with Gasteiger partial charge in [0.25, 0.3) is 5.91 Å². The zero-order valence-electron chi connectivity index (χ0n) is 10.8. The number of carboxylic acid groups (broad SMARTS) is 1. The first kappa shape index (κ1) is 15.8. The third kappa shape index (κ3) is 4.81. The van der Waals surface area contributed by atoms with Crippen LogP contribution in [0.3, 0.4) is 0 Å². The summed E-state index contributed by atoms with van der Waals surface area (Å²) in [4.78, 5) is 21.2. The van der Waals surface area contributed by atoms with Crippen LogP contribution in [0.2, 0.25) is 5.02 Å². The van der Waals surface area contributed by atoms with Crippen LogP contribution in [0.4, 0.5) is 0 Å². The molecule has 6 nitrogen and oxygen atoms in total. The average molecular weight is 300 g/mol. The molecule has 20 heavy (non-hydrogen) atoms. The van der Waals surface area contributed by atoms with E-state index in [0.717, 1.165) is 6.08 Å². The fraction of sp³-hybridized carbons (Fsp3) is 0.231. The predicted octanol–water partition coefficient (Wildman–Crippen LogP) is 1.70.